The minimum Gasteiger partial charge on any atom is -0.383 e. The minimum atomic E-state index is 0. The van der Waals surface area contributed by atoms with E-state index < -0.39 is 0 Å². The zero-order chi connectivity index (χ0) is 13.9. The summed E-state index contributed by atoms with van der Waals surface area (Å²) in [7, 11) is 3.60. The molecule has 120 valence electrons. The Morgan fingerprint density at radius 2 is 2.20 bits per heavy atom. The lowest BCUT2D eigenvalue weighted by Gasteiger charge is -2.25. The standard InChI is InChI=1S/C14H30N4O.HI/c1-4-5-8-16-14(15-2)17-12-13-7-6-9-18(13)10-11-19-3;/h13H,4-12H2,1-3H3,(H2,15,16,17);1H. The summed E-state index contributed by atoms with van der Waals surface area (Å²) in [5, 5.41) is 6.78. The van der Waals surface area contributed by atoms with E-state index in [2.05, 4.69) is 27.4 Å². The van der Waals surface area contributed by atoms with E-state index >= 15 is 0 Å². The summed E-state index contributed by atoms with van der Waals surface area (Å²) in [6, 6.07) is 0.611. The Balaban J connectivity index is 0.00000361. The zero-order valence-corrected chi connectivity index (χ0v) is 15.5. The topological polar surface area (TPSA) is 48.9 Å². The van der Waals surface area contributed by atoms with E-state index in [0.29, 0.717) is 6.04 Å². The molecule has 1 aliphatic rings. The van der Waals surface area contributed by atoms with Gasteiger partial charge in [-0.05, 0) is 25.8 Å². The number of methoxy groups -OCH3 is 1. The lowest BCUT2D eigenvalue weighted by atomic mass is 10.2. The highest BCUT2D eigenvalue weighted by atomic mass is 127. The quantitative estimate of drug-likeness (QED) is 0.283. The third-order valence-electron chi connectivity index (χ3n) is 3.63. The van der Waals surface area contributed by atoms with Gasteiger partial charge in [0.2, 0.25) is 0 Å². The molecular formula is C14H31IN4O. The molecule has 1 saturated heterocycles. The van der Waals surface area contributed by atoms with Crippen LogP contribution in [0.15, 0.2) is 4.99 Å². The molecule has 2 N–H and O–H groups in total. The molecule has 0 aromatic rings. The number of hydrogen-bond acceptors (Lipinski definition) is 3. The average Bonchev–Trinajstić information content (AvgIpc) is 2.88. The van der Waals surface area contributed by atoms with Gasteiger partial charge in [-0.25, -0.2) is 0 Å². The molecule has 1 fully saturated rings. The van der Waals surface area contributed by atoms with Crippen LogP contribution in [0, 0.1) is 0 Å². The Kier molecular flexibility index (Phi) is 12.6. The summed E-state index contributed by atoms with van der Waals surface area (Å²) in [4.78, 5) is 6.77. The van der Waals surface area contributed by atoms with Gasteiger partial charge in [0.1, 0.15) is 0 Å². The molecule has 0 aromatic heterocycles. The lowest BCUT2D eigenvalue weighted by molar-refractivity contribution is 0.141. The van der Waals surface area contributed by atoms with E-state index in [-0.39, 0.29) is 24.0 Å². The molecule has 0 spiro atoms. The van der Waals surface area contributed by atoms with Gasteiger partial charge in [-0.1, -0.05) is 13.3 Å². The monoisotopic (exact) mass is 398 g/mol. The van der Waals surface area contributed by atoms with Crippen molar-refractivity contribution in [1.29, 1.82) is 0 Å². The first kappa shape index (κ1) is 19.9. The molecule has 0 amide bonds. The van der Waals surface area contributed by atoms with E-state index in [1.807, 2.05) is 7.05 Å². The third kappa shape index (κ3) is 7.64. The van der Waals surface area contributed by atoms with Gasteiger partial charge in [-0.15, -0.1) is 24.0 Å². The van der Waals surface area contributed by atoms with Crippen molar-refractivity contribution in [2.24, 2.45) is 4.99 Å². The van der Waals surface area contributed by atoms with Gasteiger partial charge >= 0.3 is 0 Å². The summed E-state index contributed by atoms with van der Waals surface area (Å²) in [5.41, 5.74) is 0. The molecule has 0 aromatic carbocycles. The lowest BCUT2D eigenvalue weighted by Crippen LogP contribution is -2.45. The van der Waals surface area contributed by atoms with Gasteiger partial charge < -0.3 is 15.4 Å². The molecule has 6 heteroatoms. The maximum atomic E-state index is 5.17. The van der Waals surface area contributed by atoms with E-state index in [4.69, 9.17) is 4.74 Å². The van der Waals surface area contributed by atoms with Crippen molar-refractivity contribution >= 4 is 29.9 Å². The molecule has 1 atom stereocenters. The predicted molar refractivity (Wildman–Crippen MR) is 96.2 cm³/mol. The number of unbranched alkanes of at least 4 members (excludes halogenated alkanes) is 1. The number of aliphatic imine (C=N–C) groups is 1. The van der Waals surface area contributed by atoms with Gasteiger partial charge in [0.05, 0.1) is 6.61 Å². The summed E-state index contributed by atoms with van der Waals surface area (Å²) >= 11 is 0. The number of nitrogens with one attached hydrogen (secondary N) is 2. The van der Waals surface area contributed by atoms with Crippen LogP contribution in [0.5, 0.6) is 0 Å². The van der Waals surface area contributed by atoms with Crippen LogP contribution in [0.3, 0.4) is 0 Å². The fraction of sp³-hybridized carbons (Fsp3) is 0.929. The van der Waals surface area contributed by atoms with Crippen LogP contribution >= 0.6 is 24.0 Å². The second-order valence-electron chi connectivity index (χ2n) is 5.06. The Hall–Kier alpha value is -0.0800. The van der Waals surface area contributed by atoms with Crippen LogP contribution in [0.2, 0.25) is 0 Å². The normalized spacial score (nSPS) is 19.8. The van der Waals surface area contributed by atoms with Crippen LogP contribution in [0.1, 0.15) is 32.6 Å². The number of guanidine groups is 1. The molecular weight excluding hydrogens is 367 g/mol. The maximum Gasteiger partial charge on any atom is 0.191 e. The van der Waals surface area contributed by atoms with Crippen LogP contribution in [0.4, 0.5) is 0 Å². The number of nitrogens with zero attached hydrogens (tertiary/aromatic N) is 2. The van der Waals surface area contributed by atoms with Gasteiger partial charge in [0.15, 0.2) is 5.96 Å². The highest BCUT2D eigenvalue weighted by Crippen LogP contribution is 2.15. The van der Waals surface area contributed by atoms with Crippen molar-refractivity contribution in [2.45, 2.75) is 38.6 Å². The summed E-state index contributed by atoms with van der Waals surface area (Å²) < 4.78 is 5.17. The fourth-order valence-electron chi connectivity index (χ4n) is 2.45. The first-order valence-electron chi connectivity index (χ1n) is 7.49. The second kappa shape index (κ2) is 12.6. The van der Waals surface area contributed by atoms with Crippen LogP contribution < -0.4 is 10.6 Å². The zero-order valence-electron chi connectivity index (χ0n) is 13.2. The summed E-state index contributed by atoms with van der Waals surface area (Å²) in [6.45, 7) is 7.20. The van der Waals surface area contributed by atoms with Crippen molar-refractivity contribution in [3.63, 3.8) is 0 Å². The Morgan fingerprint density at radius 1 is 1.40 bits per heavy atom. The Bertz CT molecular complexity index is 264. The number of rotatable bonds is 8. The SMILES string of the molecule is CCCCNC(=NC)NCC1CCCN1CCOC.I. The molecule has 5 nitrogen and oxygen atoms in total. The Morgan fingerprint density at radius 3 is 2.85 bits per heavy atom. The van der Waals surface area contributed by atoms with Gasteiger partial charge in [-0.2, -0.15) is 0 Å². The molecule has 1 unspecified atom stereocenters. The fourth-order valence-corrected chi connectivity index (χ4v) is 2.45. The highest BCUT2D eigenvalue weighted by molar-refractivity contribution is 14.0. The van der Waals surface area contributed by atoms with Crippen molar-refractivity contribution in [1.82, 2.24) is 15.5 Å². The van der Waals surface area contributed by atoms with Crippen molar-refractivity contribution in [2.75, 3.05) is 46.9 Å². The number of likely N-dealkylation sites (tertiary alicyclic amines) is 1. The van der Waals surface area contributed by atoms with Gasteiger partial charge in [0, 0.05) is 39.8 Å². The molecule has 1 heterocycles. The van der Waals surface area contributed by atoms with Crippen molar-refractivity contribution in [3.05, 3.63) is 0 Å². The average molecular weight is 398 g/mol. The van der Waals surface area contributed by atoms with Gasteiger partial charge in [-0.3, -0.25) is 9.89 Å². The predicted octanol–water partition coefficient (Wildman–Crippen LogP) is 1.68. The van der Waals surface area contributed by atoms with Crippen LogP contribution in [0.25, 0.3) is 0 Å². The molecule has 0 bridgehead atoms. The second-order valence-corrected chi connectivity index (χ2v) is 5.06. The van der Waals surface area contributed by atoms with Crippen molar-refractivity contribution < 1.29 is 4.74 Å². The largest absolute Gasteiger partial charge is 0.383 e. The molecule has 1 aliphatic heterocycles. The maximum absolute atomic E-state index is 5.17. The van der Waals surface area contributed by atoms with E-state index in [0.717, 1.165) is 32.2 Å². The number of ether oxygens (including phenoxy) is 1. The first-order valence-corrected chi connectivity index (χ1v) is 7.49. The summed E-state index contributed by atoms with van der Waals surface area (Å²) in [5.74, 6) is 0.923. The number of hydrogen-bond donors (Lipinski definition) is 2. The minimum absolute atomic E-state index is 0. The molecule has 20 heavy (non-hydrogen) atoms. The van der Waals surface area contributed by atoms with Crippen molar-refractivity contribution in [3.8, 4) is 0 Å². The highest BCUT2D eigenvalue weighted by Gasteiger charge is 2.23. The summed E-state index contributed by atoms with van der Waals surface area (Å²) in [6.07, 6.45) is 4.95. The molecule has 0 aliphatic carbocycles. The smallest absolute Gasteiger partial charge is 0.191 e. The van der Waals surface area contributed by atoms with Crippen LogP contribution in [-0.4, -0.2) is 63.8 Å². The Labute approximate surface area is 140 Å². The van der Waals surface area contributed by atoms with Gasteiger partial charge in [0.25, 0.3) is 0 Å². The third-order valence-corrected chi connectivity index (χ3v) is 3.63. The number of halogens is 1. The molecule has 0 saturated carbocycles. The molecule has 0 radical (unpaired) electrons. The molecule has 1 rings (SSSR count). The van der Waals surface area contributed by atoms with Crippen LogP contribution in [-0.2, 0) is 4.74 Å². The van der Waals surface area contributed by atoms with E-state index in [1.165, 1.54) is 32.2 Å². The van der Waals surface area contributed by atoms with E-state index in [9.17, 15) is 0 Å². The van der Waals surface area contributed by atoms with E-state index in [1.54, 1.807) is 7.11 Å². The first-order chi connectivity index (χ1) is 9.31.